The smallest absolute Gasteiger partial charge is 0.0721 e. The van der Waals surface area contributed by atoms with Gasteiger partial charge in [-0.05, 0) is 29.8 Å². The molecule has 2 aromatic carbocycles. The lowest BCUT2D eigenvalue weighted by Crippen LogP contribution is -2.01. The van der Waals surface area contributed by atoms with E-state index in [-0.39, 0.29) is 0 Å². The van der Waals surface area contributed by atoms with Crippen molar-refractivity contribution in [2.24, 2.45) is 0 Å². The van der Waals surface area contributed by atoms with E-state index in [9.17, 15) is 0 Å². The third-order valence-electron chi connectivity index (χ3n) is 2.43. The molecule has 2 rings (SSSR count). The second-order valence-corrected chi connectivity index (χ2v) is 5.79. The number of hydrogen-bond acceptors (Lipinski definition) is 1. The number of halogens is 4. The van der Waals surface area contributed by atoms with E-state index in [1.807, 2.05) is 24.3 Å². The summed E-state index contributed by atoms with van der Waals surface area (Å²) >= 11 is 21.5. The van der Waals surface area contributed by atoms with E-state index in [0.29, 0.717) is 21.6 Å². The van der Waals surface area contributed by atoms with Gasteiger partial charge in [0.2, 0.25) is 0 Å². The normalized spacial score (nSPS) is 10.4. The van der Waals surface area contributed by atoms with E-state index in [1.54, 1.807) is 12.1 Å². The van der Waals surface area contributed by atoms with Crippen LogP contribution in [-0.2, 0) is 6.54 Å². The lowest BCUT2D eigenvalue weighted by Gasteiger charge is -2.11. The molecule has 2 aromatic rings. The van der Waals surface area contributed by atoms with Crippen LogP contribution in [-0.4, -0.2) is 0 Å². The van der Waals surface area contributed by atoms with Gasteiger partial charge in [0, 0.05) is 16.0 Å². The number of para-hydroxylation sites is 1. The Hall–Kier alpha value is -0.410. The maximum absolute atomic E-state index is 6.08. The van der Waals surface area contributed by atoms with Crippen LogP contribution >= 0.6 is 50.7 Å². The van der Waals surface area contributed by atoms with E-state index in [4.69, 9.17) is 34.8 Å². The minimum absolute atomic E-state index is 0.604. The molecule has 0 amide bonds. The Labute approximate surface area is 129 Å². The number of rotatable bonds is 3. The molecule has 0 saturated carbocycles. The second kappa shape index (κ2) is 6.16. The molecular formula is C13H9BrCl3N. The van der Waals surface area contributed by atoms with E-state index in [2.05, 4.69) is 21.2 Å². The Morgan fingerprint density at radius 2 is 1.67 bits per heavy atom. The van der Waals surface area contributed by atoms with Crippen LogP contribution in [0.25, 0.3) is 0 Å². The zero-order valence-corrected chi connectivity index (χ0v) is 13.0. The summed E-state index contributed by atoms with van der Waals surface area (Å²) in [4.78, 5) is 0. The van der Waals surface area contributed by atoms with Crippen molar-refractivity contribution in [3.8, 4) is 0 Å². The fourth-order valence-corrected chi connectivity index (χ4v) is 2.87. The first-order valence-corrected chi connectivity index (χ1v) is 7.12. The molecule has 0 aromatic heterocycles. The number of anilines is 1. The summed E-state index contributed by atoms with van der Waals surface area (Å²) in [5, 5.41) is 5.13. The Balaban J connectivity index is 2.16. The van der Waals surface area contributed by atoms with Crippen molar-refractivity contribution < 1.29 is 0 Å². The Bertz CT molecular complexity index is 552. The predicted molar refractivity (Wildman–Crippen MR) is 82.9 cm³/mol. The van der Waals surface area contributed by atoms with E-state index < -0.39 is 0 Å². The number of nitrogens with one attached hydrogen (secondary N) is 1. The molecule has 0 aliphatic rings. The SMILES string of the molecule is Clc1ccc(CNc2c(Cl)cccc2Cl)c(Br)c1. The standard InChI is InChI=1S/C13H9BrCl3N/c14-10-6-9(15)5-4-8(10)7-18-13-11(16)2-1-3-12(13)17/h1-6,18H,7H2. The molecule has 0 saturated heterocycles. The van der Waals surface area contributed by atoms with E-state index in [1.165, 1.54) is 0 Å². The van der Waals surface area contributed by atoms with Crippen molar-refractivity contribution in [3.05, 3.63) is 61.5 Å². The van der Waals surface area contributed by atoms with Crippen molar-refractivity contribution in [2.75, 3.05) is 5.32 Å². The molecule has 0 bridgehead atoms. The van der Waals surface area contributed by atoms with Gasteiger partial charge in [0.05, 0.1) is 15.7 Å². The molecule has 0 radical (unpaired) electrons. The van der Waals surface area contributed by atoms with Crippen LogP contribution in [0.3, 0.4) is 0 Å². The molecular weight excluding hydrogens is 356 g/mol. The third-order valence-corrected chi connectivity index (χ3v) is 4.04. The van der Waals surface area contributed by atoms with Gasteiger partial charge in [-0.3, -0.25) is 0 Å². The van der Waals surface area contributed by atoms with Crippen molar-refractivity contribution in [1.82, 2.24) is 0 Å². The van der Waals surface area contributed by atoms with Crippen LogP contribution in [0.2, 0.25) is 15.1 Å². The molecule has 94 valence electrons. The highest BCUT2D eigenvalue weighted by molar-refractivity contribution is 9.10. The molecule has 0 aliphatic heterocycles. The predicted octanol–water partition coefficient (Wildman–Crippen LogP) is 6.02. The zero-order valence-electron chi connectivity index (χ0n) is 9.18. The fraction of sp³-hybridized carbons (Fsp3) is 0.0769. The summed E-state index contributed by atoms with van der Waals surface area (Å²) in [6, 6.07) is 11.1. The van der Waals surface area contributed by atoms with Crippen molar-refractivity contribution in [2.45, 2.75) is 6.54 Å². The highest BCUT2D eigenvalue weighted by Gasteiger charge is 2.06. The van der Waals surface area contributed by atoms with Crippen molar-refractivity contribution in [3.63, 3.8) is 0 Å². The van der Waals surface area contributed by atoms with Gasteiger partial charge in [-0.2, -0.15) is 0 Å². The molecule has 0 aliphatic carbocycles. The minimum atomic E-state index is 0.604. The van der Waals surface area contributed by atoms with Crippen molar-refractivity contribution >= 4 is 56.4 Å². The highest BCUT2D eigenvalue weighted by Crippen LogP contribution is 2.31. The van der Waals surface area contributed by atoms with Crippen LogP contribution in [0, 0.1) is 0 Å². The molecule has 1 nitrogen and oxygen atoms in total. The summed E-state index contributed by atoms with van der Waals surface area (Å²) in [5.74, 6) is 0. The van der Waals surface area contributed by atoms with Gasteiger partial charge >= 0.3 is 0 Å². The van der Waals surface area contributed by atoms with E-state index in [0.717, 1.165) is 15.7 Å². The molecule has 0 unspecified atom stereocenters. The average molecular weight is 365 g/mol. The quantitative estimate of drug-likeness (QED) is 0.701. The lowest BCUT2D eigenvalue weighted by molar-refractivity contribution is 1.14. The van der Waals surface area contributed by atoms with Gasteiger partial charge in [0.25, 0.3) is 0 Å². The van der Waals surface area contributed by atoms with Crippen LogP contribution in [0.15, 0.2) is 40.9 Å². The van der Waals surface area contributed by atoms with Gasteiger partial charge in [0.15, 0.2) is 0 Å². The lowest BCUT2D eigenvalue weighted by atomic mass is 10.2. The molecule has 18 heavy (non-hydrogen) atoms. The first-order chi connectivity index (χ1) is 8.58. The van der Waals surface area contributed by atoms with Gasteiger partial charge in [-0.25, -0.2) is 0 Å². The van der Waals surface area contributed by atoms with Crippen molar-refractivity contribution in [1.29, 1.82) is 0 Å². The monoisotopic (exact) mass is 363 g/mol. The van der Waals surface area contributed by atoms with Crippen LogP contribution in [0.1, 0.15) is 5.56 Å². The maximum Gasteiger partial charge on any atom is 0.0721 e. The number of benzene rings is 2. The van der Waals surface area contributed by atoms with Crippen LogP contribution in [0.4, 0.5) is 5.69 Å². The Morgan fingerprint density at radius 3 is 2.28 bits per heavy atom. The minimum Gasteiger partial charge on any atom is -0.379 e. The van der Waals surface area contributed by atoms with E-state index >= 15 is 0 Å². The van der Waals surface area contributed by atoms with Crippen LogP contribution in [0.5, 0.6) is 0 Å². The third kappa shape index (κ3) is 3.33. The summed E-state index contributed by atoms with van der Waals surface area (Å²) in [7, 11) is 0. The highest BCUT2D eigenvalue weighted by atomic mass is 79.9. The second-order valence-electron chi connectivity index (χ2n) is 3.69. The molecule has 1 N–H and O–H groups in total. The fourth-order valence-electron chi connectivity index (χ4n) is 1.52. The summed E-state index contributed by atoms with van der Waals surface area (Å²) in [6.07, 6.45) is 0. The van der Waals surface area contributed by atoms with Gasteiger partial charge in [-0.15, -0.1) is 0 Å². The largest absolute Gasteiger partial charge is 0.379 e. The van der Waals surface area contributed by atoms with Gasteiger partial charge < -0.3 is 5.32 Å². The van der Waals surface area contributed by atoms with Crippen LogP contribution < -0.4 is 5.32 Å². The molecule has 0 atom stereocenters. The summed E-state index contributed by atoms with van der Waals surface area (Å²) < 4.78 is 0.950. The molecule has 0 fully saturated rings. The first-order valence-electron chi connectivity index (χ1n) is 5.20. The molecule has 0 spiro atoms. The summed E-state index contributed by atoms with van der Waals surface area (Å²) in [5.41, 5.74) is 1.82. The zero-order chi connectivity index (χ0) is 13.1. The van der Waals surface area contributed by atoms with Gasteiger partial charge in [-0.1, -0.05) is 62.9 Å². The Morgan fingerprint density at radius 1 is 1.00 bits per heavy atom. The first kappa shape index (κ1) is 14.0. The summed E-state index contributed by atoms with van der Waals surface area (Å²) in [6.45, 7) is 0.612. The maximum atomic E-state index is 6.08. The molecule has 5 heteroatoms. The average Bonchev–Trinajstić information content (AvgIpc) is 2.31. The van der Waals surface area contributed by atoms with Gasteiger partial charge in [0.1, 0.15) is 0 Å². The topological polar surface area (TPSA) is 12.0 Å². The number of hydrogen-bond donors (Lipinski definition) is 1. The Kier molecular flexibility index (Phi) is 4.79. The molecule has 0 heterocycles.